The van der Waals surface area contributed by atoms with Crippen LogP contribution in [0.4, 0.5) is 5.69 Å². The molecule has 110 valence electrons. The number of benzene rings is 2. The summed E-state index contributed by atoms with van der Waals surface area (Å²) in [5.74, 6) is -0.696. The summed E-state index contributed by atoms with van der Waals surface area (Å²) in [6.07, 6.45) is 0.644. The van der Waals surface area contributed by atoms with Crippen molar-refractivity contribution in [3.05, 3.63) is 58.1 Å². The summed E-state index contributed by atoms with van der Waals surface area (Å²) in [6, 6.07) is 12.4. The molecular formula is C16H15Cl2NO2. The van der Waals surface area contributed by atoms with Gasteiger partial charge in [-0.2, -0.15) is 0 Å². The molecule has 5 heteroatoms. The van der Waals surface area contributed by atoms with Crippen LogP contribution in [0, 0.1) is 0 Å². The molecule has 0 aliphatic carbocycles. The van der Waals surface area contributed by atoms with Gasteiger partial charge in [0.15, 0.2) is 5.75 Å². The number of amides is 1. The third-order valence-electron chi connectivity index (χ3n) is 3.21. The van der Waals surface area contributed by atoms with Crippen molar-refractivity contribution in [2.75, 3.05) is 5.32 Å². The van der Waals surface area contributed by atoms with Gasteiger partial charge in [-0.1, -0.05) is 60.5 Å². The number of carbonyl (C=O) groups excluding carboxylic acids is 1. The molecule has 21 heavy (non-hydrogen) atoms. The first kappa shape index (κ1) is 15.7. The molecule has 2 aromatic rings. The van der Waals surface area contributed by atoms with E-state index in [0.29, 0.717) is 11.4 Å². The Morgan fingerprint density at radius 2 is 1.90 bits per heavy atom. The summed E-state index contributed by atoms with van der Waals surface area (Å²) in [5.41, 5.74) is 1.14. The molecule has 1 amide bonds. The quantitative estimate of drug-likeness (QED) is 0.791. The Labute approximate surface area is 133 Å². The highest BCUT2D eigenvalue weighted by Gasteiger charge is 2.20. The molecular weight excluding hydrogens is 309 g/mol. The number of rotatable bonds is 4. The van der Waals surface area contributed by atoms with Gasteiger partial charge >= 0.3 is 0 Å². The van der Waals surface area contributed by atoms with Gasteiger partial charge in [0.1, 0.15) is 0 Å². The first-order valence-electron chi connectivity index (χ1n) is 6.56. The lowest BCUT2D eigenvalue weighted by molar-refractivity contribution is -0.117. The van der Waals surface area contributed by atoms with Gasteiger partial charge in [0.2, 0.25) is 5.91 Å². The fourth-order valence-electron chi connectivity index (χ4n) is 2.14. The number of nitrogens with one attached hydrogen (secondary N) is 1. The van der Waals surface area contributed by atoms with Crippen molar-refractivity contribution in [1.82, 2.24) is 0 Å². The van der Waals surface area contributed by atoms with E-state index in [1.807, 2.05) is 37.3 Å². The Morgan fingerprint density at radius 1 is 1.24 bits per heavy atom. The van der Waals surface area contributed by atoms with Gasteiger partial charge in [-0.25, -0.2) is 0 Å². The summed E-state index contributed by atoms with van der Waals surface area (Å²) in [5, 5.41) is 13.0. The van der Waals surface area contributed by atoms with E-state index in [1.165, 1.54) is 12.1 Å². The maximum absolute atomic E-state index is 12.4. The normalized spacial score (nSPS) is 12.0. The van der Waals surface area contributed by atoms with Crippen LogP contribution in [0.25, 0.3) is 0 Å². The topological polar surface area (TPSA) is 49.3 Å². The van der Waals surface area contributed by atoms with Gasteiger partial charge in [0.25, 0.3) is 0 Å². The minimum Gasteiger partial charge on any atom is -0.504 e. The SMILES string of the molecule is CCC(C(=O)Nc1cc(Cl)cc(Cl)c1O)c1ccccc1. The molecule has 0 radical (unpaired) electrons. The van der Waals surface area contributed by atoms with Crippen LogP contribution in [0.5, 0.6) is 5.75 Å². The van der Waals surface area contributed by atoms with E-state index in [4.69, 9.17) is 23.2 Å². The summed E-state index contributed by atoms with van der Waals surface area (Å²) in [6.45, 7) is 1.93. The highest BCUT2D eigenvalue weighted by Crippen LogP contribution is 2.35. The first-order valence-corrected chi connectivity index (χ1v) is 7.32. The highest BCUT2D eigenvalue weighted by molar-refractivity contribution is 6.36. The maximum Gasteiger partial charge on any atom is 0.232 e. The molecule has 0 spiro atoms. The van der Waals surface area contributed by atoms with Gasteiger partial charge in [-0.05, 0) is 24.1 Å². The molecule has 0 aliphatic rings. The molecule has 1 atom stereocenters. The number of anilines is 1. The zero-order valence-corrected chi connectivity index (χ0v) is 12.9. The third-order valence-corrected chi connectivity index (χ3v) is 3.72. The van der Waals surface area contributed by atoms with E-state index >= 15 is 0 Å². The highest BCUT2D eigenvalue weighted by atomic mass is 35.5. The number of phenols is 1. The summed E-state index contributed by atoms with van der Waals surface area (Å²) < 4.78 is 0. The van der Waals surface area contributed by atoms with Crippen LogP contribution < -0.4 is 5.32 Å². The third kappa shape index (κ3) is 3.69. The van der Waals surface area contributed by atoms with E-state index in [2.05, 4.69) is 5.32 Å². The predicted octanol–water partition coefficient (Wildman–Crippen LogP) is 4.83. The molecule has 0 aliphatic heterocycles. The van der Waals surface area contributed by atoms with Crippen molar-refractivity contribution < 1.29 is 9.90 Å². The van der Waals surface area contributed by atoms with E-state index < -0.39 is 0 Å². The number of hydrogen-bond acceptors (Lipinski definition) is 2. The molecule has 2 aromatic carbocycles. The Hall–Kier alpha value is -1.71. The van der Waals surface area contributed by atoms with Crippen molar-refractivity contribution in [3.8, 4) is 5.75 Å². The predicted molar refractivity (Wildman–Crippen MR) is 86.2 cm³/mol. The Bertz CT molecular complexity index is 644. The average molecular weight is 324 g/mol. The lowest BCUT2D eigenvalue weighted by Crippen LogP contribution is -2.20. The van der Waals surface area contributed by atoms with Crippen molar-refractivity contribution in [2.24, 2.45) is 0 Å². The molecule has 0 saturated heterocycles. The minimum atomic E-state index is -0.302. The molecule has 3 nitrogen and oxygen atoms in total. The van der Waals surface area contributed by atoms with E-state index in [9.17, 15) is 9.90 Å². The standard InChI is InChI=1S/C16H15Cl2NO2/c1-2-12(10-6-4-3-5-7-10)16(21)19-14-9-11(17)8-13(18)15(14)20/h3-9,12,20H,2H2,1H3,(H,19,21). The van der Waals surface area contributed by atoms with Gasteiger partial charge in [-0.3, -0.25) is 4.79 Å². The molecule has 2 rings (SSSR count). The Morgan fingerprint density at radius 3 is 2.52 bits per heavy atom. The number of carbonyl (C=O) groups is 1. The van der Waals surface area contributed by atoms with Crippen LogP contribution in [0.1, 0.15) is 24.8 Å². The molecule has 0 bridgehead atoms. The number of hydrogen-bond donors (Lipinski definition) is 2. The fourth-order valence-corrected chi connectivity index (χ4v) is 2.63. The molecule has 2 N–H and O–H groups in total. The molecule has 1 unspecified atom stereocenters. The fraction of sp³-hybridized carbons (Fsp3) is 0.188. The van der Waals surface area contributed by atoms with Gasteiger partial charge in [0.05, 0.1) is 16.6 Å². The second-order valence-corrected chi connectivity index (χ2v) is 5.49. The number of aromatic hydroxyl groups is 1. The summed E-state index contributed by atoms with van der Waals surface area (Å²) >= 11 is 11.7. The van der Waals surface area contributed by atoms with Crippen molar-refractivity contribution in [2.45, 2.75) is 19.3 Å². The second-order valence-electron chi connectivity index (χ2n) is 4.64. The number of halogens is 2. The smallest absolute Gasteiger partial charge is 0.232 e. The van der Waals surface area contributed by atoms with Crippen molar-refractivity contribution in [3.63, 3.8) is 0 Å². The van der Waals surface area contributed by atoms with E-state index in [1.54, 1.807) is 0 Å². The van der Waals surface area contributed by atoms with Crippen LogP contribution >= 0.6 is 23.2 Å². The zero-order chi connectivity index (χ0) is 15.4. The monoisotopic (exact) mass is 323 g/mol. The Balaban J connectivity index is 2.25. The van der Waals surface area contributed by atoms with Crippen LogP contribution in [-0.4, -0.2) is 11.0 Å². The van der Waals surface area contributed by atoms with Gasteiger partial charge in [0, 0.05) is 5.02 Å². The minimum absolute atomic E-state index is 0.102. The molecule has 0 fully saturated rings. The average Bonchev–Trinajstić information content (AvgIpc) is 2.46. The number of phenolic OH excluding ortho intramolecular Hbond substituents is 1. The zero-order valence-electron chi connectivity index (χ0n) is 11.4. The maximum atomic E-state index is 12.4. The van der Waals surface area contributed by atoms with Crippen molar-refractivity contribution in [1.29, 1.82) is 0 Å². The molecule has 0 heterocycles. The molecule has 0 aromatic heterocycles. The van der Waals surface area contributed by atoms with Crippen molar-refractivity contribution >= 4 is 34.8 Å². The summed E-state index contributed by atoms with van der Waals surface area (Å²) in [4.78, 5) is 12.4. The lowest BCUT2D eigenvalue weighted by Gasteiger charge is -2.16. The van der Waals surface area contributed by atoms with Crippen LogP contribution in [0.15, 0.2) is 42.5 Å². The Kier molecular flexibility index (Phi) is 5.10. The first-order chi connectivity index (χ1) is 10.0. The van der Waals surface area contributed by atoms with Crippen LogP contribution in [0.2, 0.25) is 10.0 Å². The molecule has 0 saturated carbocycles. The van der Waals surface area contributed by atoms with Gasteiger partial charge < -0.3 is 10.4 Å². The largest absolute Gasteiger partial charge is 0.504 e. The second kappa shape index (κ2) is 6.83. The van der Waals surface area contributed by atoms with E-state index in [0.717, 1.165) is 5.56 Å². The lowest BCUT2D eigenvalue weighted by atomic mass is 9.95. The summed E-state index contributed by atoms with van der Waals surface area (Å²) in [7, 11) is 0. The van der Waals surface area contributed by atoms with Gasteiger partial charge in [-0.15, -0.1) is 0 Å². The van der Waals surface area contributed by atoms with Crippen LogP contribution in [-0.2, 0) is 4.79 Å². The van der Waals surface area contributed by atoms with E-state index in [-0.39, 0.29) is 28.3 Å². The van der Waals surface area contributed by atoms with Crippen LogP contribution in [0.3, 0.4) is 0 Å².